The summed E-state index contributed by atoms with van der Waals surface area (Å²) in [5, 5.41) is 6.85. The summed E-state index contributed by atoms with van der Waals surface area (Å²) in [7, 11) is 0. The van der Waals surface area contributed by atoms with Crippen molar-refractivity contribution < 1.29 is 4.39 Å². The summed E-state index contributed by atoms with van der Waals surface area (Å²) in [5.74, 6) is 0.544. The second-order valence-electron chi connectivity index (χ2n) is 5.42. The molecule has 2 N–H and O–H groups in total. The fourth-order valence-electron chi connectivity index (χ4n) is 1.77. The summed E-state index contributed by atoms with van der Waals surface area (Å²) in [5.41, 5.74) is 1.84. The molecule has 2 nitrogen and oxygen atoms in total. The van der Waals surface area contributed by atoms with Gasteiger partial charge in [0.25, 0.3) is 0 Å². The normalized spacial score (nSPS) is 13.0. The second kappa shape index (κ2) is 7.49. The first-order chi connectivity index (χ1) is 8.49. The van der Waals surface area contributed by atoms with E-state index in [1.807, 2.05) is 12.1 Å². The number of aryl methyl sites for hydroxylation is 1. The van der Waals surface area contributed by atoms with E-state index in [-0.39, 0.29) is 5.82 Å². The highest BCUT2D eigenvalue weighted by atomic mass is 19.1. The highest BCUT2D eigenvalue weighted by Crippen LogP contribution is 2.09. The van der Waals surface area contributed by atoms with E-state index < -0.39 is 0 Å². The summed E-state index contributed by atoms with van der Waals surface area (Å²) in [6, 6.07) is 5.68. The zero-order valence-corrected chi connectivity index (χ0v) is 11.9. The molecule has 1 rings (SSSR count). The van der Waals surface area contributed by atoms with Gasteiger partial charge in [0.1, 0.15) is 5.82 Å². The molecule has 0 aliphatic carbocycles. The molecule has 3 heteroatoms. The van der Waals surface area contributed by atoms with Gasteiger partial charge in [-0.25, -0.2) is 4.39 Å². The van der Waals surface area contributed by atoms with Crippen LogP contribution < -0.4 is 10.6 Å². The van der Waals surface area contributed by atoms with Gasteiger partial charge in [-0.15, -0.1) is 0 Å². The molecule has 18 heavy (non-hydrogen) atoms. The van der Waals surface area contributed by atoms with Crippen LogP contribution in [0.4, 0.5) is 4.39 Å². The van der Waals surface area contributed by atoms with Crippen LogP contribution in [-0.2, 0) is 6.54 Å². The largest absolute Gasteiger partial charge is 0.315 e. The van der Waals surface area contributed by atoms with Crippen LogP contribution >= 0.6 is 0 Å². The SMILES string of the molecule is Cc1cc(CNC(C)CNCC(C)C)ccc1F. The molecule has 1 unspecified atom stereocenters. The van der Waals surface area contributed by atoms with Gasteiger partial charge >= 0.3 is 0 Å². The minimum absolute atomic E-state index is 0.134. The van der Waals surface area contributed by atoms with E-state index in [1.54, 1.807) is 6.92 Å². The smallest absolute Gasteiger partial charge is 0.126 e. The van der Waals surface area contributed by atoms with Crippen LogP contribution in [-0.4, -0.2) is 19.1 Å². The van der Waals surface area contributed by atoms with Gasteiger partial charge in [0.05, 0.1) is 0 Å². The van der Waals surface area contributed by atoms with E-state index in [0.717, 1.165) is 25.2 Å². The average molecular weight is 252 g/mol. The summed E-state index contributed by atoms with van der Waals surface area (Å²) in [6.07, 6.45) is 0. The van der Waals surface area contributed by atoms with E-state index in [9.17, 15) is 4.39 Å². The first kappa shape index (κ1) is 15.1. The molecule has 102 valence electrons. The Morgan fingerprint density at radius 2 is 1.89 bits per heavy atom. The Morgan fingerprint density at radius 1 is 1.17 bits per heavy atom. The van der Waals surface area contributed by atoms with E-state index in [4.69, 9.17) is 0 Å². The lowest BCUT2D eigenvalue weighted by Gasteiger charge is -2.16. The molecule has 1 atom stereocenters. The van der Waals surface area contributed by atoms with Crippen molar-refractivity contribution in [3.05, 3.63) is 35.1 Å². The molecule has 0 radical (unpaired) electrons. The van der Waals surface area contributed by atoms with Crippen molar-refractivity contribution in [2.24, 2.45) is 5.92 Å². The lowest BCUT2D eigenvalue weighted by atomic mass is 10.1. The molecule has 0 amide bonds. The van der Waals surface area contributed by atoms with Crippen molar-refractivity contribution >= 4 is 0 Å². The molecule has 0 heterocycles. The Morgan fingerprint density at radius 3 is 2.50 bits per heavy atom. The first-order valence-corrected chi connectivity index (χ1v) is 6.68. The molecule has 0 aliphatic heterocycles. The fourth-order valence-corrected chi connectivity index (χ4v) is 1.77. The zero-order valence-electron chi connectivity index (χ0n) is 11.9. The topological polar surface area (TPSA) is 24.1 Å². The average Bonchev–Trinajstić information content (AvgIpc) is 2.30. The number of halogens is 1. The molecule has 0 aromatic heterocycles. The van der Waals surface area contributed by atoms with Gasteiger partial charge in [0.15, 0.2) is 0 Å². The van der Waals surface area contributed by atoms with Crippen molar-refractivity contribution in [3.8, 4) is 0 Å². The standard InChI is InChI=1S/C15H25FN2/c1-11(2)8-17-9-13(4)18-10-14-5-6-15(16)12(3)7-14/h5-7,11,13,17-18H,8-10H2,1-4H3. The maximum Gasteiger partial charge on any atom is 0.126 e. The molecule has 1 aromatic rings. The molecule has 0 saturated heterocycles. The van der Waals surface area contributed by atoms with Crippen molar-refractivity contribution in [2.45, 2.75) is 40.3 Å². The Hall–Kier alpha value is -0.930. The van der Waals surface area contributed by atoms with E-state index in [2.05, 4.69) is 31.4 Å². The van der Waals surface area contributed by atoms with Crippen LogP contribution in [0.3, 0.4) is 0 Å². The van der Waals surface area contributed by atoms with Crippen molar-refractivity contribution in [3.63, 3.8) is 0 Å². The third kappa shape index (κ3) is 5.61. The number of hydrogen-bond donors (Lipinski definition) is 2. The predicted molar refractivity (Wildman–Crippen MR) is 75.1 cm³/mol. The van der Waals surface area contributed by atoms with Crippen LogP contribution in [0.5, 0.6) is 0 Å². The summed E-state index contributed by atoms with van der Waals surface area (Å²) < 4.78 is 13.1. The van der Waals surface area contributed by atoms with Crippen LogP contribution in [0.15, 0.2) is 18.2 Å². The van der Waals surface area contributed by atoms with Gasteiger partial charge < -0.3 is 10.6 Å². The zero-order chi connectivity index (χ0) is 13.5. The second-order valence-corrected chi connectivity index (χ2v) is 5.42. The van der Waals surface area contributed by atoms with Crippen LogP contribution in [0.2, 0.25) is 0 Å². The van der Waals surface area contributed by atoms with Gasteiger partial charge in [-0.3, -0.25) is 0 Å². The minimum Gasteiger partial charge on any atom is -0.315 e. The molecular weight excluding hydrogens is 227 g/mol. The molecule has 0 spiro atoms. The Kier molecular flexibility index (Phi) is 6.30. The van der Waals surface area contributed by atoms with E-state index in [1.165, 1.54) is 6.07 Å². The maximum atomic E-state index is 13.1. The number of benzene rings is 1. The molecule has 0 aliphatic rings. The summed E-state index contributed by atoms with van der Waals surface area (Å²) >= 11 is 0. The Bertz CT molecular complexity index is 364. The van der Waals surface area contributed by atoms with Gasteiger partial charge in [-0.1, -0.05) is 26.0 Å². The van der Waals surface area contributed by atoms with Gasteiger partial charge in [-0.2, -0.15) is 0 Å². The monoisotopic (exact) mass is 252 g/mol. The highest BCUT2D eigenvalue weighted by Gasteiger charge is 2.03. The van der Waals surface area contributed by atoms with Gasteiger partial charge in [-0.05, 0) is 43.5 Å². The highest BCUT2D eigenvalue weighted by molar-refractivity contribution is 5.23. The Labute approximate surface area is 110 Å². The summed E-state index contributed by atoms with van der Waals surface area (Å²) in [4.78, 5) is 0. The molecule has 1 aromatic carbocycles. The quantitative estimate of drug-likeness (QED) is 0.779. The van der Waals surface area contributed by atoms with Crippen LogP contribution in [0, 0.1) is 18.7 Å². The minimum atomic E-state index is -0.134. The summed E-state index contributed by atoms with van der Waals surface area (Å²) in [6.45, 7) is 11.1. The van der Waals surface area contributed by atoms with E-state index >= 15 is 0 Å². The van der Waals surface area contributed by atoms with Gasteiger partial charge in [0, 0.05) is 19.1 Å². The molecular formula is C15H25FN2. The number of hydrogen-bond acceptors (Lipinski definition) is 2. The molecule has 0 bridgehead atoms. The predicted octanol–water partition coefficient (Wildman–Crippen LogP) is 2.86. The number of rotatable bonds is 7. The maximum absolute atomic E-state index is 13.1. The number of nitrogens with one attached hydrogen (secondary N) is 2. The van der Waals surface area contributed by atoms with E-state index in [0.29, 0.717) is 17.5 Å². The molecule has 0 fully saturated rings. The lowest BCUT2D eigenvalue weighted by molar-refractivity contribution is 0.472. The Balaban J connectivity index is 2.29. The van der Waals surface area contributed by atoms with Crippen molar-refractivity contribution in [1.29, 1.82) is 0 Å². The van der Waals surface area contributed by atoms with Crippen LogP contribution in [0.1, 0.15) is 31.9 Å². The third-order valence-corrected chi connectivity index (χ3v) is 2.88. The van der Waals surface area contributed by atoms with Crippen LogP contribution in [0.25, 0.3) is 0 Å². The third-order valence-electron chi connectivity index (χ3n) is 2.88. The van der Waals surface area contributed by atoms with Crippen molar-refractivity contribution in [2.75, 3.05) is 13.1 Å². The van der Waals surface area contributed by atoms with Gasteiger partial charge in [0.2, 0.25) is 0 Å². The van der Waals surface area contributed by atoms with Crippen molar-refractivity contribution in [1.82, 2.24) is 10.6 Å². The fraction of sp³-hybridized carbons (Fsp3) is 0.600. The first-order valence-electron chi connectivity index (χ1n) is 6.68. The molecule has 0 saturated carbocycles. The lowest BCUT2D eigenvalue weighted by Crippen LogP contribution is -2.37.